The minimum Gasteiger partial charge on any atom is -0.396 e. The fraction of sp³-hybridized carbons (Fsp3) is 0.529. The van der Waals surface area contributed by atoms with E-state index in [0.29, 0.717) is 30.1 Å². The molecule has 0 aliphatic rings. The largest absolute Gasteiger partial charge is 0.396 e. The van der Waals surface area contributed by atoms with Gasteiger partial charge in [-0.2, -0.15) is 0 Å². The molecule has 1 aromatic carbocycles. The molecule has 2 amide bonds. The first-order valence-electron chi connectivity index (χ1n) is 7.79. The lowest BCUT2D eigenvalue weighted by Crippen LogP contribution is -2.38. The van der Waals surface area contributed by atoms with E-state index >= 15 is 0 Å². The van der Waals surface area contributed by atoms with Crippen molar-refractivity contribution in [2.75, 3.05) is 18.5 Å². The highest BCUT2D eigenvalue weighted by Gasteiger charge is 2.17. The van der Waals surface area contributed by atoms with E-state index < -0.39 is 11.8 Å². The molecular weight excluding hydrogens is 299 g/mol. The van der Waals surface area contributed by atoms with E-state index in [-0.39, 0.29) is 18.3 Å². The highest BCUT2D eigenvalue weighted by atomic mass is 19.1. The van der Waals surface area contributed by atoms with Crippen LogP contribution in [-0.4, -0.2) is 30.1 Å². The molecule has 23 heavy (non-hydrogen) atoms. The molecule has 0 aliphatic carbocycles. The fourth-order valence-electron chi connectivity index (χ4n) is 2.38. The third-order valence-corrected chi connectivity index (χ3v) is 3.52. The van der Waals surface area contributed by atoms with E-state index in [1.807, 2.05) is 0 Å². The number of hydrogen-bond donors (Lipinski definition) is 3. The van der Waals surface area contributed by atoms with E-state index in [4.69, 9.17) is 5.11 Å². The second-order valence-corrected chi connectivity index (χ2v) is 6.14. The number of carbonyl (C=O) groups is 2. The van der Waals surface area contributed by atoms with Gasteiger partial charge in [0.25, 0.3) is 0 Å². The van der Waals surface area contributed by atoms with Crippen LogP contribution >= 0.6 is 0 Å². The number of aryl methyl sites for hydroxylation is 1. The van der Waals surface area contributed by atoms with Crippen molar-refractivity contribution < 1.29 is 19.1 Å². The number of aliphatic hydroxyl groups excluding tert-OH is 1. The lowest BCUT2D eigenvalue weighted by Gasteiger charge is -2.18. The molecule has 1 atom stereocenters. The standard InChI is InChI=1S/C17H25FN2O3/c1-11(2)8-13(6-7-21)10-19-16(22)17(23)20-14-4-5-15(18)12(3)9-14/h4-5,9,11,13,21H,6-8,10H2,1-3H3,(H,19,22)(H,20,23). The van der Waals surface area contributed by atoms with E-state index in [1.165, 1.54) is 18.2 Å². The van der Waals surface area contributed by atoms with E-state index in [2.05, 4.69) is 24.5 Å². The molecule has 128 valence electrons. The van der Waals surface area contributed by atoms with Crippen LogP contribution < -0.4 is 10.6 Å². The minimum absolute atomic E-state index is 0.0499. The molecule has 5 nitrogen and oxygen atoms in total. The van der Waals surface area contributed by atoms with Crippen molar-refractivity contribution in [2.24, 2.45) is 11.8 Å². The van der Waals surface area contributed by atoms with Crippen LogP contribution in [0, 0.1) is 24.6 Å². The Morgan fingerprint density at radius 2 is 1.96 bits per heavy atom. The molecule has 0 aliphatic heterocycles. The summed E-state index contributed by atoms with van der Waals surface area (Å²) in [6, 6.07) is 4.11. The Hall–Kier alpha value is -1.95. The van der Waals surface area contributed by atoms with Crippen LogP contribution in [0.3, 0.4) is 0 Å². The quantitative estimate of drug-likeness (QED) is 0.673. The summed E-state index contributed by atoms with van der Waals surface area (Å²) in [6.07, 6.45) is 1.44. The van der Waals surface area contributed by atoms with Gasteiger partial charge >= 0.3 is 11.8 Å². The molecule has 0 aromatic heterocycles. The Morgan fingerprint density at radius 1 is 1.26 bits per heavy atom. The van der Waals surface area contributed by atoms with Crippen LogP contribution in [0.2, 0.25) is 0 Å². The molecule has 0 radical (unpaired) electrons. The van der Waals surface area contributed by atoms with Gasteiger partial charge in [-0.3, -0.25) is 9.59 Å². The molecule has 0 saturated carbocycles. The van der Waals surface area contributed by atoms with E-state index in [9.17, 15) is 14.0 Å². The summed E-state index contributed by atoms with van der Waals surface area (Å²) in [5.74, 6) is -1.32. The first-order valence-corrected chi connectivity index (χ1v) is 7.79. The highest BCUT2D eigenvalue weighted by Crippen LogP contribution is 2.15. The predicted molar refractivity (Wildman–Crippen MR) is 87.4 cm³/mol. The normalized spacial score (nSPS) is 12.1. The number of anilines is 1. The van der Waals surface area contributed by atoms with Crippen LogP contribution in [0.25, 0.3) is 0 Å². The average molecular weight is 324 g/mol. The number of amides is 2. The van der Waals surface area contributed by atoms with Gasteiger partial charge in [-0.1, -0.05) is 13.8 Å². The molecule has 0 saturated heterocycles. The van der Waals surface area contributed by atoms with Gasteiger partial charge in [-0.15, -0.1) is 0 Å². The van der Waals surface area contributed by atoms with E-state index in [1.54, 1.807) is 6.92 Å². The Morgan fingerprint density at radius 3 is 2.52 bits per heavy atom. The molecule has 0 fully saturated rings. The van der Waals surface area contributed by atoms with Crippen molar-refractivity contribution in [1.82, 2.24) is 5.32 Å². The van der Waals surface area contributed by atoms with Gasteiger partial charge in [0.2, 0.25) is 0 Å². The first-order chi connectivity index (χ1) is 10.8. The summed E-state index contributed by atoms with van der Waals surface area (Å²) in [4.78, 5) is 23.7. The number of nitrogens with one attached hydrogen (secondary N) is 2. The third kappa shape index (κ3) is 6.78. The van der Waals surface area contributed by atoms with Crippen molar-refractivity contribution in [1.29, 1.82) is 0 Å². The maximum Gasteiger partial charge on any atom is 0.313 e. The van der Waals surface area contributed by atoms with Gasteiger partial charge in [0.15, 0.2) is 0 Å². The molecule has 0 spiro atoms. The van der Waals surface area contributed by atoms with Crippen molar-refractivity contribution >= 4 is 17.5 Å². The SMILES string of the molecule is Cc1cc(NC(=O)C(=O)NCC(CCO)CC(C)C)ccc1F. The van der Waals surface area contributed by atoms with Gasteiger partial charge in [0.1, 0.15) is 5.82 Å². The molecule has 6 heteroatoms. The summed E-state index contributed by atoms with van der Waals surface area (Å²) in [5, 5.41) is 14.1. The van der Waals surface area contributed by atoms with Gasteiger partial charge in [0.05, 0.1) is 0 Å². The molecule has 3 N–H and O–H groups in total. The van der Waals surface area contributed by atoms with Crippen molar-refractivity contribution in [3.05, 3.63) is 29.6 Å². The van der Waals surface area contributed by atoms with Crippen molar-refractivity contribution in [3.63, 3.8) is 0 Å². The molecule has 0 heterocycles. The molecule has 1 aromatic rings. The van der Waals surface area contributed by atoms with Crippen LogP contribution in [0.4, 0.5) is 10.1 Å². The number of hydrogen-bond acceptors (Lipinski definition) is 3. The van der Waals surface area contributed by atoms with Gasteiger partial charge < -0.3 is 15.7 Å². The summed E-state index contributed by atoms with van der Waals surface area (Å²) >= 11 is 0. The lowest BCUT2D eigenvalue weighted by molar-refractivity contribution is -0.136. The Labute approximate surface area is 136 Å². The third-order valence-electron chi connectivity index (χ3n) is 3.52. The summed E-state index contributed by atoms with van der Waals surface area (Å²) in [5.41, 5.74) is 0.765. The number of benzene rings is 1. The summed E-state index contributed by atoms with van der Waals surface area (Å²) < 4.78 is 13.2. The zero-order valence-electron chi connectivity index (χ0n) is 13.9. The first kappa shape index (κ1) is 19.1. The average Bonchev–Trinajstić information content (AvgIpc) is 2.48. The van der Waals surface area contributed by atoms with Crippen molar-refractivity contribution in [2.45, 2.75) is 33.6 Å². The maximum absolute atomic E-state index is 13.2. The second kappa shape index (κ2) is 9.25. The molecule has 1 rings (SSSR count). The number of rotatable bonds is 7. The second-order valence-electron chi connectivity index (χ2n) is 6.14. The number of carbonyl (C=O) groups excluding carboxylic acids is 2. The number of aliphatic hydroxyl groups is 1. The summed E-state index contributed by atoms with van der Waals surface area (Å²) in [6.45, 7) is 6.10. The summed E-state index contributed by atoms with van der Waals surface area (Å²) in [7, 11) is 0. The van der Waals surface area contributed by atoms with Gasteiger partial charge in [0, 0.05) is 18.8 Å². The monoisotopic (exact) mass is 324 g/mol. The molecule has 0 bridgehead atoms. The Kier molecular flexibility index (Phi) is 7.68. The zero-order chi connectivity index (χ0) is 17.4. The Bertz CT molecular complexity index is 547. The molecule has 1 unspecified atom stereocenters. The van der Waals surface area contributed by atoms with Crippen LogP contribution in [0.5, 0.6) is 0 Å². The van der Waals surface area contributed by atoms with Crippen LogP contribution in [-0.2, 0) is 9.59 Å². The van der Waals surface area contributed by atoms with Crippen molar-refractivity contribution in [3.8, 4) is 0 Å². The fourth-order valence-corrected chi connectivity index (χ4v) is 2.38. The molecular formula is C17H25FN2O3. The lowest BCUT2D eigenvalue weighted by atomic mass is 9.94. The topological polar surface area (TPSA) is 78.4 Å². The number of halogens is 1. The maximum atomic E-state index is 13.2. The Balaban J connectivity index is 2.52. The smallest absolute Gasteiger partial charge is 0.313 e. The minimum atomic E-state index is -0.789. The zero-order valence-corrected chi connectivity index (χ0v) is 13.9. The van der Waals surface area contributed by atoms with E-state index in [0.717, 1.165) is 6.42 Å². The van der Waals surface area contributed by atoms with Gasteiger partial charge in [-0.05, 0) is 55.4 Å². The van der Waals surface area contributed by atoms with Gasteiger partial charge in [-0.25, -0.2) is 4.39 Å². The van der Waals surface area contributed by atoms with Crippen LogP contribution in [0.1, 0.15) is 32.3 Å². The highest BCUT2D eigenvalue weighted by molar-refractivity contribution is 6.39. The van der Waals surface area contributed by atoms with Crippen LogP contribution in [0.15, 0.2) is 18.2 Å². The predicted octanol–water partition coefficient (Wildman–Crippen LogP) is 2.23.